The Morgan fingerprint density at radius 2 is 1.73 bits per heavy atom. The first-order valence-electron chi connectivity index (χ1n) is 15.1. The number of halogens is 1. The Kier molecular flexibility index (Phi) is 13.1. The van der Waals surface area contributed by atoms with Crippen LogP contribution in [0.2, 0.25) is 0 Å². The van der Waals surface area contributed by atoms with Crippen LogP contribution < -0.4 is 27.8 Å². The number of nitrogens with two attached hydrogens (primary N) is 3. The molecule has 0 spiro atoms. The Morgan fingerprint density at radius 3 is 2.34 bits per heavy atom. The Bertz CT molecular complexity index is 1310. The van der Waals surface area contributed by atoms with Crippen LogP contribution in [0.3, 0.4) is 0 Å². The Balaban J connectivity index is 1.87. The van der Waals surface area contributed by atoms with Gasteiger partial charge in [-0.15, -0.1) is 0 Å². The molecule has 11 nitrogen and oxygen atoms in total. The van der Waals surface area contributed by atoms with E-state index in [4.69, 9.17) is 27.3 Å². The standard InChI is InChI=1S/C32H44FN7O4/c1-2-44-31(43)26(12-7-17-38-32(36)37)39-30(42)27(21-8-4-3-5-9-21)40-29(41)25(23-10-6-11-24(33)19-23)18-20-13-15-22(16-14-20)28(34)35/h6,10-11,13-16,19,21,25-27H,2-5,7-9,12,17-18H2,1H3,(H3,34,35)(H,39,42)(H,40,41)(H4,36,37,38)/t25?,26-,27-/m0/s1. The number of carbonyl (C=O) groups excluding carboxylic acids is 3. The number of guanidine groups is 1. The third-order valence-corrected chi connectivity index (χ3v) is 7.81. The van der Waals surface area contributed by atoms with Crippen molar-refractivity contribution in [2.24, 2.45) is 28.1 Å². The minimum absolute atomic E-state index is 0.0653. The van der Waals surface area contributed by atoms with E-state index in [0.717, 1.165) is 37.7 Å². The van der Waals surface area contributed by atoms with Crippen molar-refractivity contribution < 1.29 is 23.5 Å². The third-order valence-electron chi connectivity index (χ3n) is 7.81. The highest BCUT2D eigenvalue weighted by molar-refractivity contribution is 5.95. The minimum Gasteiger partial charge on any atom is -0.464 e. The summed E-state index contributed by atoms with van der Waals surface area (Å²) in [6, 6.07) is 10.9. The van der Waals surface area contributed by atoms with E-state index in [1.807, 2.05) is 0 Å². The summed E-state index contributed by atoms with van der Waals surface area (Å²) in [6.07, 6.45) is 5.25. The molecule has 1 fully saturated rings. The topological polar surface area (TPSA) is 199 Å². The van der Waals surface area contributed by atoms with Gasteiger partial charge in [-0.25, -0.2) is 9.18 Å². The Hall–Kier alpha value is -4.48. The number of hydrogen-bond acceptors (Lipinski definition) is 6. The number of carbonyl (C=O) groups is 3. The lowest BCUT2D eigenvalue weighted by Gasteiger charge is -2.32. The molecule has 3 rings (SSSR count). The van der Waals surface area contributed by atoms with Crippen LogP contribution in [0.15, 0.2) is 53.5 Å². The van der Waals surface area contributed by atoms with Gasteiger partial charge in [0.15, 0.2) is 5.96 Å². The summed E-state index contributed by atoms with van der Waals surface area (Å²) in [5.74, 6) is -3.06. The van der Waals surface area contributed by atoms with Crippen molar-refractivity contribution in [3.63, 3.8) is 0 Å². The molecule has 238 valence electrons. The maximum absolute atomic E-state index is 14.3. The third kappa shape index (κ3) is 10.4. The second-order valence-corrected chi connectivity index (χ2v) is 11.1. The SMILES string of the molecule is CCOC(=O)[C@H](CCCN=C(N)N)NC(=O)[C@@H](NC(=O)C(Cc1ccc(C(=N)N)cc1)c1cccc(F)c1)C1CCCCC1. The summed E-state index contributed by atoms with van der Waals surface area (Å²) in [5, 5.41) is 13.4. The summed E-state index contributed by atoms with van der Waals surface area (Å²) in [6.45, 7) is 2.10. The number of hydrogen-bond donors (Lipinski definition) is 6. The summed E-state index contributed by atoms with van der Waals surface area (Å²) in [4.78, 5) is 44.5. The van der Waals surface area contributed by atoms with E-state index in [9.17, 15) is 18.8 Å². The van der Waals surface area contributed by atoms with Crippen molar-refractivity contribution in [1.82, 2.24) is 10.6 Å². The van der Waals surface area contributed by atoms with Crippen molar-refractivity contribution in [2.75, 3.05) is 13.2 Å². The highest BCUT2D eigenvalue weighted by Crippen LogP contribution is 2.29. The predicted molar refractivity (Wildman–Crippen MR) is 167 cm³/mol. The number of benzene rings is 2. The summed E-state index contributed by atoms with van der Waals surface area (Å²) in [7, 11) is 0. The normalized spacial score (nSPS) is 15.3. The molecule has 0 bridgehead atoms. The molecular weight excluding hydrogens is 565 g/mol. The minimum atomic E-state index is -0.946. The van der Waals surface area contributed by atoms with Crippen LogP contribution in [-0.2, 0) is 25.5 Å². The van der Waals surface area contributed by atoms with Gasteiger partial charge in [0, 0.05) is 12.1 Å². The molecule has 0 radical (unpaired) electrons. The highest BCUT2D eigenvalue weighted by atomic mass is 19.1. The Morgan fingerprint density at radius 1 is 1.02 bits per heavy atom. The molecule has 2 aromatic rings. The molecule has 0 saturated heterocycles. The molecule has 1 aliphatic carbocycles. The number of esters is 1. The van der Waals surface area contributed by atoms with E-state index in [1.54, 1.807) is 43.3 Å². The van der Waals surface area contributed by atoms with Gasteiger partial charge < -0.3 is 32.6 Å². The smallest absolute Gasteiger partial charge is 0.328 e. The van der Waals surface area contributed by atoms with E-state index in [1.165, 1.54) is 12.1 Å². The number of aliphatic imine (C=N–C) groups is 1. The van der Waals surface area contributed by atoms with Crippen LogP contribution in [0.5, 0.6) is 0 Å². The molecule has 44 heavy (non-hydrogen) atoms. The van der Waals surface area contributed by atoms with Crippen LogP contribution >= 0.6 is 0 Å². The van der Waals surface area contributed by atoms with Gasteiger partial charge in [0.1, 0.15) is 23.7 Å². The highest BCUT2D eigenvalue weighted by Gasteiger charge is 2.35. The van der Waals surface area contributed by atoms with Crippen molar-refractivity contribution in [3.8, 4) is 0 Å². The molecule has 2 aromatic carbocycles. The monoisotopic (exact) mass is 609 g/mol. The van der Waals surface area contributed by atoms with E-state index in [-0.39, 0.29) is 43.7 Å². The van der Waals surface area contributed by atoms with Crippen molar-refractivity contribution in [2.45, 2.75) is 76.3 Å². The average Bonchev–Trinajstić information content (AvgIpc) is 3.00. The van der Waals surface area contributed by atoms with Crippen LogP contribution in [0, 0.1) is 17.1 Å². The number of amidine groups is 1. The lowest BCUT2D eigenvalue weighted by molar-refractivity contribution is -0.148. The van der Waals surface area contributed by atoms with Crippen LogP contribution in [-0.4, -0.2) is 54.8 Å². The fraction of sp³-hybridized carbons (Fsp3) is 0.469. The van der Waals surface area contributed by atoms with E-state index in [0.29, 0.717) is 17.5 Å². The molecule has 1 unspecified atom stereocenters. The molecule has 0 heterocycles. The molecule has 3 atom stereocenters. The molecule has 1 saturated carbocycles. The summed E-state index contributed by atoms with van der Waals surface area (Å²) < 4.78 is 19.5. The molecule has 0 aliphatic heterocycles. The fourth-order valence-electron chi connectivity index (χ4n) is 5.52. The van der Waals surface area contributed by atoms with E-state index < -0.39 is 41.6 Å². The molecular formula is C32H44FN7O4. The first-order chi connectivity index (χ1) is 21.1. The van der Waals surface area contributed by atoms with Gasteiger partial charge in [0.25, 0.3) is 0 Å². The number of nitrogens with zero attached hydrogens (tertiary/aromatic N) is 1. The molecule has 9 N–H and O–H groups in total. The lowest BCUT2D eigenvalue weighted by Crippen LogP contribution is -2.55. The first kappa shape index (κ1) is 34.0. The van der Waals surface area contributed by atoms with Gasteiger partial charge >= 0.3 is 5.97 Å². The van der Waals surface area contributed by atoms with Gasteiger partial charge in [-0.05, 0) is 68.2 Å². The summed E-state index contributed by atoms with van der Waals surface area (Å²) >= 11 is 0. The number of ether oxygens (including phenoxy) is 1. The fourth-order valence-corrected chi connectivity index (χ4v) is 5.52. The zero-order valence-electron chi connectivity index (χ0n) is 25.2. The Labute approximate surface area is 257 Å². The second kappa shape index (κ2) is 17.0. The van der Waals surface area contributed by atoms with Gasteiger partial charge in [-0.1, -0.05) is 55.7 Å². The number of nitrogen functional groups attached to an aromatic ring is 1. The zero-order valence-corrected chi connectivity index (χ0v) is 25.2. The van der Waals surface area contributed by atoms with Gasteiger partial charge in [0.2, 0.25) is 11.8 Å². The molecule has 12 heteroatoms. The van der Waals surface area contributed by atoms with E-state index in [2.05, 4.69) is 15.6 Å². The molecule has 0 aromatic heterocycles. The number of amides is 2. The maximum atomic E-state index is 14.3. The quantitative estimate of drug-likeness (QED) is 0.0771. The largest absolute Gasteiger partial charge is 0.464 e. The zero-order chi connectivity index (χ0) is 32.1. The van der Waals surface area contributed by atoms with Crippen molar-refractivity contribution >= 4 is 29.6 Å². The average molecular weight is 610 g/mol. The first-order valence-corrected chi connectivity index (χ1v) is 15.1. The maximum Gasteiger partial charge on any atom is 0.328 e. The number of rotatable bonds is 15. The molecule has 2 amide bonds. The van der Waals surface area contributed by atoms with Crippen LogP contribution in [0.1, 0.15) is 74.5 Å². The van der Waals surface area contributed by atoms with Crippen LogP contribution in [0.25, 0.3) is 0 Å². The second-order valence-electron chi connectivity index (χ2n) is 11.1. The molecule has 1 aliphatic rings. The van der Waals surface area contributed by atoms with E-state index >= 15 is 0 Å². The van der Waals surface area contributed by atoms with Gasteiger partial charge in [-0.3, -0.25) is 20.0 Å². The lowest BCUT2D eigenvalue weighted by atomic mass is 9.82. The van der Waals surface area contributed by atoms with Crippen molar-refractivity contribution in [1.29, 1.82) is 5.41 Å². The van der Waals surface area contributed by atoms with Crippen molar-refractivity contribution in [3.05, 3.63) is 71.0 Å². The van der Waals surface area contributed by atoms with Gasteiger partial charge in [0.05, 0.1) is 12.5 Å². The van der Waals surface area contributed by atoms with Crippen LogP contribution in [0.4, 0.5) is 4.39 Å². The summed E-state index contributed by atoms with van der Waals surface area (Å²) in [5.41, 5.74) is 18.2. The van der Waals surface area contributed by atoms with Gasteiger partial charge in [-0.2, -0.15) is 0 Å². The predicted octanol–water partition coefficient (Wildman–Crippen LogP) is 2.60. The number of nitrogens with one attached hydrogen (secondary N) is 3.